The molecule has 2 aromatic carbocycles. The van der Waals surface area contributed by atoms with Crippen LogP contribution in [0, 0.1) is 5.82 Å². The van der Waals surface area contributed by atoms with Crippen LogP contribution in [0.2, 0.25) is 0 Å². The Balaban J connectivity index is 1.96. The van der Waals surface area contributed by atoms with Gasteiger partial charge in [0.25, 0.3) is 0 Å². The Labute approximate surface area is 129 Å². The fourth-order valence-electron chi connectivity index (χ4n) is 2.85. The number of nitrogens with zero attached hydrogens (tertiary/aromatic N) is 3. The third kappa shape index (κ3) is 2.00. The molecule has 1 aliphatic rings. The van der Waals surface area contributed by atoms with Crippen LogP contribution in [-0.2, 0) is 6.42 Å². The molecule has 0 unspecified atom stereocenters. The largest absolute Gasteiger partial charge is 0.323 e. The number of hydrogen-bond acceptors (Lipinski definition) is 3. The van der Waals surface area contributed by atoms with Crippen molar-refractivity contribution >= 4 is 38.3 Å². The molecule has 0 amide bonds. The van der Waals surface area contributed by atoms with E-state index in [0.717, 1.165) is 39.7 Å². The summed E-state index contributed by atoms with van der Waals surface area (Å²) < 4.78 is 15.2. The van der Waals surface area contributed by atoms with E-state index in [1.807, 2.05) is 29.2 Å². The van der Waals surface area contributed by atoms with Crippen LogP contribution in [0.4, 0.5) is 15.9 Å². The Morgan fingerprint density at radius 1 is 1.14 bits per heavy atom. The number of anilines is 2. The maximum absolute atomic E-state index is 14.2. The molecule has 2 heterocycles. The summed E-state index contributed by atoms with van der Waals surface area (Å²) in [7, 11) is 0. The summed E-state index contributed by atoms with van der Waals surface area (Å²) in [5, 5.41) is 0.919. The Hall–Kier alpha value is -2.01. The first-order chi connectivity index (χ1) is 10.2. The molecule has 21 heavy (non-hydrogen) atoms. The normalized spacial score (nSPS) is 13.7. The number of fused-ring (bicyclic) bond motifs is 2. The number of para-hydroxylation sites is 1. The van der Waals surface area contributed by atoms with Gasteiger partial charge in [0.1, 0.15) is 18.0 Å². The van der Waals surface area contributed by atoms with E-state index in [1.165, 1.54) is 12.4 Å². The molecule has 104 valence electrons. The van der Waals surface area contributed by atoms with Gasteiger partial charge in [-0.05, 0) is 36.2 Å². The van der Waals surface area contributed by atoms with Crippen molar-refractivity contribution in [2.45, 2.75) is 6.42 Å². The van der Waals surface area contributed by atoms with Gasteiger partial charge in [0.05, 0.1) is 11.2 Å². The van der Waals surface area contributed by atoms with Crippen LogP contribution in [0.25, 0.3) is 10.9 Å². The van der Waals surface area contributed by atoms with Crippen molar-refractivity contribution in [1.29, 1.82) is 0 Å². The summed E-state index contributed by atoms with van der Waals surface area (Å²) in [6.07, 6.45) is 2.36. The molecular formula is C16H11BrFN3. The zero-order valence-corrected chi connectivity index (χ0v) is 12.6. The second-order valence-electron chi connectivity index (χ2n) is 5.01. The monoisotopic (exact) mass is 343 g/mol. The van der Waals surface area contributed by atoms with Crippen molar-refractivity contribution in [2.75, 3.05) is 11.4 Å². The summed E-state index contributed by atoms with van der Waals surface area (Å²) in [6, 6.07) is 11.1. The van der Waals surface area contributed by atoms with Crippen LogP contribution in [0.5, 0.6) is 0 Å². The van der Waals surface area contributed by atoms with Gasteiger partial charge in [-0.1, -0.05) is 28.1 Å². The minimum atomic E-state index is -0.202. The van der Waals surface area contributed by atoms with Crippen LogP contribution in [0.15, 0.2) is 47.2 Å². The molecule has 0 radical (unpaired) electrons. The predicted octanol–water partition coefficient (Wildman–Crippen LogP) is 4.23. The molecule has 1 aromatic heterocycles. The van der Waals surface area contributed by atoms with Gasteiger partial charge in [-0.15, -0.1) is 0 Å². The number of aromatic nitrogens is 2. The molecule has 3 aromatic rings. The SMILES string of the molecule is Fc1cccc2c1N(c1ncnc3ccc(Br)cc13)CC2. The maximum atomic E-state index is 14.2. The van der Waals surface area contributed by atoms with Gasteiger partial charge in [-0.25, -0.2) is 14.4 Å². The third-order valence-electron chi connectivity index (χ3n) is 3.78. The fourth-order valence-corrected chi connectivity index (χ4v) is 3.21. The first-order valence-corrected chi connectivity index (χ1v) is 7.48. The Kier molecular flexibility index (Phi) is 2.89. The minimum absolute atomic E-state index is 0.202. The van der Waals surface area contributed by atoms with Gasteiger partial charge in [-0.2, -0.15) is 0 Å². The number of benzene rings is 2. The summed E-state index contributed by atoms with van der Waals surface area (Å²) in [6.45, 7) is 0.731. The van der Waals surface area contributed by atoms with Gasteiger partial charge in [0.15, 0.2) is 0 Å². The third-order valence-corrected chi connectivity index (χ3v) is 4.27. The summed E-state index contributed by atoms with van der Waals surface area (Å²) in [5.41, 5.74) is 2.52. The van der Waals surface area contributed by atoms with Crippen LogP contribution in [0.1, 0.15) is 5.56 Å². The van der Waals surface area contributed by atoms with E-state index >= 15 is 0 Å². The lowest BCUT2D eigenvalue weighted by Gasteiger charge is -2.20. The van der Waals surface area contributed by atoms with Crippen LogP contribution >= 0.6 is 15.9 Å². The highest BCUT2D eigenvalue weighted by molar-refractivity contribution is 9.10. The standard InChI is InChI=1S/C16H11BrFN3/c17-11-4-5-14-12(8-11)16(20-9-19-14)21-7-6-10-2-1-3-13(18)15(10)21/h1-5,8-9H,6-7H2. The van der Waals surface area contributed by atoms with E-state index in [-0.39, 0.29) is 5.82 Å². The zero-order chi connectivity index (χ0) is 14.4. The Bertz CT molecular complexity index is 850. The van der Waals surface area contributed by atoms with Gasteiger partial charge in [0, 0.05) is 16.4 Å². The second kappa shape index (κ2) is 4.77. The van der Waals surface area contributed by atoms with Crippen molar-refractivity contribution in [3.05, 3.63) is 58.6 Å². The highest BCUT2D eigenvalue weighted by Crippen LogP contribution is 2.38. The van der Waals surface area contributed by atoms with E-state index in [1.54, 1.807) is 6.07 Å². The van der Waals surface area contributed by atoms with E-state index in [9.17, 15) is 4.39 Å². The smallest absolute Gasteiger partial charge is 0.147 e. The van der Waals surface area contributed by atoms with E-state index in [4.69, 9.17) is 0 Å². The Morgan fingerprint density at radius 3 is 2.95 bits per heavy atom. The lowest BCUT2D eigenvalue weighted by atomic mass is 10.1. The molecule has 0 spiro atoms. The fraction of sp³-hybridized carbons (Fsp3) is 0.125. The lowest BCUT2D eigenvalue weighted by molar-refractivity contribution is 0.628. The van der Waals surface area contributed by atoms with E-state index in [2.05, 4.69) is 25.9 Å². The predicted molar refractivity (Wildman–Crippen MR) is 84.3 cm³/mol. The molecule has 1 aliphatic heterocycles. The van der Waals surface area contributed by atoms with Crippen molar-refractivity contribution < 1.29 is 4.39 Å². The number of rotatable bonds is 1. The average molecular weight is 344 g/mol. The molecule has 0 aliphatic carbocycles. The van der Waals surface area contributed by atoms with Gasteiger partial charge < -0.3 is 4.90 Å². The topological polar surface area (TPSA) is 29.0 Å². The molecule has 5 heteroatoms. The van der Waals surface area contributed by atoms with Crippen molar-refractivity contribution in [1.82, 2.24) is 9.97 Å². The zero-order valence-electron chi connectivity index (χ0n) is 11.1. The second-order valence-corrected chi connectivity index (χ2v) is 5.92. The lowest BCUT2D eigenvalue weighted by Crippen LogP contribution is -2.16. The molecule has 0 N–H and O–H groups in total. The highest BCUT2D eigenvalue weighted by atomic mass is 79.9. The summed E-state index contributed by atoms with van der Waals surface area (Å²) in [4.78, 5) is 10.6. The first kappa shape index (κ1) is 12.7. The molecule has 0 saturated carbocycles. The van der Waals surface area contributed by atoms with E-state index in [0.29, 0.717) is 5.69 Å². The van der Waals surface area contributed by atoms with Gasteiger partial charge in [0.2, 0.25) is 0 Å². The molecule has 3 nitrogen and oxygen atoms in total. The maximum Gasteiger partial charge on any atom is 0.147 e. The van der Waals surface area contributed by atoms with Crippen molar-refractivity contribution in [3.8, 4) is 0 Å². The molecule has 0 saturated heterocycles. The number of halogens is 2. The average Bonchev–Trinajstić information content (AvgIpc) is 2.92. The van der Waals surface area contributed by atoms with Crippen molar-refractivity contribution in [3.63, 3.8) is 0 Å². The van der Waals surface area contributed by atoms with Crippen molar-refractivity contribution in [2.24, 2.45) is 0 Å². The highest BCUT2D eigenvalue weighted by Gasteiger charge is 2.26. The van der Waals surface area contributed by atoms with E-state index < -0.39 is 0 Å². The number of hydrogen-bond donors (Lipinski definition) is 0. The van der Waals surface area contributed by atoms with Crippen LogP contribution < -0.4 is 4.90 Å². The molecular weight excluding hydrogens is 333 g/mol. The van der Waals surface area contributed by atoms with Gasteiger partial charge >= 0.3 is 0 Å². The molecule has 4 rings (SSSR count). The first-order valence-electron chi connectivity index (χ1n) is 6.69. The molecule has 0 fully saturated rings. The summed E-state index contributed by atoms with van der Waals surface area (Å²) >= 11 is 3.47. The molecule has 0 atom stereocenters. The van der Waals surface area contributed by atoms with Gasteiger partial charge in [-0.3, -0.25) is 0 Å². The van der Waals surface area contributed by atoms with Crippen LogP contribution in [0.3, 0.4) is 0 Å². The van der Waals surface area contributed by atoms with Crippen LogP contribution in [-0.4, -0.2) is 16.5 Å². The molecule has 0 bridgehead atoms. The Morgan fingerprint density at radius 2 is 2.05 bits per heavy atom. The quantitative estimate of drug-likeness (QED) is 0.662. The minimum Gasteiger partial charge on any atom is -0.323 e. The summed E-state index contributed by atoms with van der Waals surface area (Å²) in [5.74, 6) is 0.553.